The van der Waals surface area contributed by atoms with Crippen LogP contribution in [0.4, 0.5) is 0 Å². The van der Waals surface area contributed by atoms with Gasteiger partial charge in [-0.25, -0.2) is 0 Å². The van der Waals surface area contributed by atoms with E-state index in [4.69, 9.17) is 0 Å². The number of halogens is 1. The number of nitrogens with zero attached hydrogens (tertiary/aromatic N) is 1. The number of fused-ring (bicyclic) bond motifs is 7. The summed E-state index contributed by atoms with van der Waals surface area (Å²) in [5, 5.41) is 2.64. The van der Waals surface area contributed by atoms with Crippen molar-refractivity contribution in [3.63, 3.8) is 0 Å². The Morgan fingerprint density at radius 1 is 0.629 bits per heavy atom. The number of aromatic nitrogens is 1. The maximum Gasteiger partial charge on any atom is 0.0547 e. The lowest BCUT2D eigenvalue weighted by molar-refractivity contribution is 0.661. The van der Waals surface area contributed by atoms with Crippen molar-refractivity contribution in [3.8, 4) is 27.9 Å². The van der Waals surface area contributed by atoms with Crippen LogP contribution in [0.1, 0.15) is 25.0 Å². The van der Waals surface area contributed by atoms with Gasteiger partial charge in [0.05, 0.1) is 11.0 Å². The molecule has 0 radical (unpaired) electrons. The summed E-state index contributed by atoms with van der Waals surface area (Å²) < 4.78 is 3.50. The highest BCUT2D eigenvalue weighted by atomic mass is 79.9. The third-order valence-corrected chi connectivity index (χ3v) is 8.09. The van der Waals surface area contributed by atoms with E-state index in [-0.39, 0.29) is 5.41 Å². The topological polar surface area (TPSA) is 4.93 Å². The van der Waals surface area contributed by atoms with E-state index >= 15 is 0 Å². The second kappa shape index (κ2) is 7.44. The van der Waals surface area contributed by atoms with Crippen molar-refractivity contribution in [3.05, 3.63) is 125 Å². The van der Waals surface area contributed by atoms with Crippen LogP contribution >= 0.6 is 15.9 Å². The van der Waals surface area contributed by atoms with E-state index in [2.05, 4.69) is 144 Å². The molecule has 6 aromatic rings. The zero-order valence-corrected chi connectivity index (χ0v) is 21.3. The largest absolute Gasteiger partial charge is 0.309 e. The lowest BCUT2D eigenvalue weighted by atomic mass is 9.82. The summed E-state index contributed by atoms with van der Waals surface area (Å²) in [4.78, 5) is 0. The van der Waals surface area contributed by atoms with Crippen LogP contribution in [-0.2, 0) is 5.41 Å². The molecule has 0 fully saturated rings. The summed E-state index contributed by atoms with van der Waals surface area (Å²) in [5.74, 6) is 0. The van der Waals surface area contributed by atoms with Crippen LogP contribution in [0.5, 0.6) is 0 Å². The SMILES string of the molecule is CC1(C)c2ccccc2-c2c1ccc1c2c2ccccc2n1-c1cc(Br)cc(-c2ccccc2)c1. The molecule has 0 bridgehead atoms. The van der Waals surface area contributed by atoms with Gasteiger partial charge >= 0.3 is 0 Å². The average molecular weight is 514 g/mol. The molecular formula is C33H24BrN. The fourth-order valence-electron chi connectivity index (χ4n) is 6.03. The van der Waals surface area contributed by atoms with Crippen molar-refractivity contribution in [2.75, 3.05) is 0 Å². The zero-order valence-electron chi connectivity index (χ0n) is 19.7. The van der Waals surface area contributed by atoms with Gasteiger partial charge in [-0.1, -0.05) is 109 Å². The number of para-hydroxylation sites is 1. The summed E-state index contributed by atoms with van der Waals surface area (Å²) in [5.41, 5.74) is 11.6. The molecule has 1 aromatic heterocycles. The summed E-state index contributed by atoms with van der Waals surface area (Å²) in [6.45, 7) is 4.70. The van der Waals surface area contributed by atoms with Gasteiger partial charge in [-0.2, -0.15) is 0 Å². The van der Waals surface area contributed by atoms with Crippen LogP contribution in [0.3, 0.4) is 0 Å². The lowest BCUT2D eigenvalue weighted by Crippen LogP contribution is -2.14. The molecule has 0 amide bonds. The van der Waals surface area contributed by atoms with Gasteiger partial charge in [-0.15, -0.1) is 0 Å². The van der Waals surface area contributed by atoms with Crippen LogP contribution in [0.15, 0.2) is 114 Å². The van der Waals surface area contributed by atoms with Crippen molar-refractivity contribution in [2.45, 2.75) is 19.3 Å². The molecule has 0 unspecified atom stereocenters. The number of benzene rings is 5. The average Bonchev–Trinajstić information content (AvgIpc) is 3.34. The van der Waals surface area contributed by atoms with Gasteiger partial charge < -0.3 is 4.57 Å². The van der Waals surface area contributed by atoms with Crippen LogP contribution < -0.4 is 0 Å². The predicted octanol–water partition coefficient (Wildman–Crippen LogP) is 9.52. The van der Waals surface area contributed by atoms with Crippen molar-refractivity contribution < 1.29 is 0 Å². The zero-order chi connectivity index (χ0) is 23.7. The van der Waals surface area contributed by atoms with Gasteiger partial charge in [-0.05, 0) is 63.7 Å². The van der Waals surface area contributed by atoms with Gasteiger partial charge in [0.2, 0.25) is 0 Å². The molecule has 0 N–H and O–H groups in total. The molecule has 0 saturated carbocycles. The van der Waals surface area contributed by atoms with E-state index < -0.39 is 0 Å². The minimum atomic E-state index is -0.0143. The Labute approximate surface area is 213 Å². The predicted molar refractivity (Wildman–Crippen MR) is 151 cm³/mol. The van der Waals surface area contributed by atoms with Crippen LogP contribution in [-0.4, -0.2) is 4.57 Å². The Kier molecular flexibility index (Phi) is 4.40. The molecule has 1 aliphatic carbocycles. The highest BCUT2D eigenvalue weighted by molar-refractivity contribution is 9.10. The second-order valence-corrected chi connectivity index (χ2v) is 10.9. The Morgan fingerprint density at radius 2 is 1.37 bits per heavy atom. The molecule has 0 atom stereocenters. The number of hydrogen-bond donors (Lipinski definition) is 0. The first-order valence-corrected chi connectivity index (χ1v) is 12.9. The number of hydrogen-bond acceptors (Lipinski definition) is 0. The highest BCUT2D eigenvalue weighted by Gasteiger charge is 2.37. The molecule has 1 nitrogen and oxygen atoms in total. The molecule has 0 saturated heterocycles. The third-order valence-electron chi connectivity index (χ3n) is 7.63. The maximum atomic E-state index is 3.80. The first-order chi connectivity index (χ1) is 17.0. The first kappa shape index (κ1) is 20.7. The van der Waals surface area contributed by atoms with E-state index in [1.54, 1.807) is 0 Å². The van der Waals surface area contributed by atoms with Gasteiger partial charge in [0.25, 0.3) is 0 Å². The quantitative estimate of drug-likeness (QED) is 0.217. The van der Waals surface area contributed by atoms with Gasteiger partial charge in [0.1, 0.15) is 0 Å². The summed E-state index contributed by atoms with van der Waals surface area (Å²) in [6, 6.07) is 39.7. The smallest absolute Gasteiger partial charge is 0.0547 e. The lowest BCUT2D eigenvalue weighted by Gasteiger charge is -2.21. The van der Waals surface area contributed by atoms with E-state index in [9.17, 15) is 0 Å². The van der Waals surface area contributed by atoms with Crippen LogP contribution in [0.2, 0.25) is 0 Å². The van der Waals surface area contributed by atoms with Crippen molar-refractivity contribution in [1.29, 1.82) is 0 Å². The van der Waals surface area contributed by atoms with E-state index in [1.165, 1.54) is 55.2 Å². The van der Waals surface area contributed by atoms with Gasteiger partial charge in [0.15, 0.2) is 0 Å². The fourth-order valence-corrected chi connectivity index (χ4v) is 6.51. The molecule has 168 valence electrons. The maximum absolute atomic E-state index is 3.80. The summed E-state index contributed by atoms with van der Waals surface area (Å²) >= 11 is 3.80. The molecule has 1 heterocycles. The standard InChI is InChI=1S/C33H24BrN/c1-33(2)27-14-8-6-12-25(27)31-28(33)16-17-30-32(31)26-13-7-9-15-29(26)35(30)24-19-22(18-23(34)20-24)21-10-4-3-5-11-21/h3-20H,1-2H3. The monoisotopic (exact) mass is 513 g/mol. The molecule has 7 rings (SSSR count). The van der Waals surface area contributed by atoms with E-state index in [0.717, 1.165) is 10.2 Å². The Morgan fingerprint density at radius 3 is 2.23 bits per heavy atom. The molecular weight excluding hydrogens is 490 g/mol. The molecule has 0 spiro atoms. The van der Waals surface area contributed by atoms with Crippen molar-refractivity contribution in [1.82, 2.24) is 4.57 Å². The van der Waals surface area contributed by atoms with Crippen LogP contribution in [0.25, 0.3) is 49.7 Å². The van der Waals surface area contributed by atoms with Crippen LogP contribution in [0, 0.1) is 0 Å². The molecule has 2 heteroatoms. The Bertz CT molecular complexity index is 1770. The Hall–Kier alpha value is -3.62. The Balaban J connectivity index is 1.60. The molecule has 0 aliphatic heterocycles. The number of rotatable bonds is 2. The third kappa shape index (κ3) is 2.93. The highest BCUT2D eigenvalue weighted by Crippen LogP contribution is 2.53. The molecule has 35 heavy (non-hydrogen) atoms. The normalized spacial score (nSPS) is 13.8. The minimum Gasteiger partial charge on any atom is -0.309 e. The van der Waals surface area contributed by atoms with Gasteiger partial charge in [0, 0.05) is 26.3 Å². The first-order valence-electron chi connectivity index (χ1n) is 12.1. The fraction of sp³-hybridized carbons (Fsp3) is 0.0909. The second-order valence-electron chi connectivity index (χ2n) is 9.97. The van der Waals surface area contributed by atoms with Crippen molar-refractivity contribution >= 4 is 37.7 Å². The summed E-state index contributed by atoms with van der Waals surface area (Å²) in [6.07, 6.45) is 0. The summed E-state index contributed by atoms with van der Waals surface area (Å²) in [7, 11) is 0. The molecule has 5 aromatic carbocycles. The van der Waals surface area contributed by atoms with E-state index in [1.807, 2.05) is 0 Å². The van der Waals surface area contributed by atoms with E-state index in [0.29, 0.717) is 0 Å². The van der Waals surface area contributed by atoms with Crippen molar-refractivity contribution in [2.24, 2.45) is 0 Å². The van der Waals surface area contributed by atoms with Gasteiger partial charge in [-0.3, -0.25) is 0 Å². The minimum absolute atomic E-state index is 0.0143. The molecule has 1 aliphatic rings.